The Morgan fingerprint density at radius 2 is 1.95 bits per heavy atom. The van der Waals surface area contributed by atoms with Gasteiger partial charge in [0.05, 0.1) is 4.92 Å². The van der Waals surface area contributed by atoms with Gasteiger partial charge in [-0.3, -0.25) is 14.9 Å². The van der Waals surface area contributed by atoms with Crippen LogP contribution in [0, 0.1) is 10.1 Å². The van der Waals surface area contributed by atoms with Crippen LogP contribution in [0.15, 0.2) is 24.3 Å². The normalized spacial score (nSPS) is 15.1. The molecule has 1 saturated heterocycles. The first-order valence-corrected chi connectivity index (χ1v) is 6.02. The number of piperazine rings is 1. The molecule has 0 saturated carbocycles. The Morgan fingerprint density at radius 1 is 1.32 bits per heavy atom. The predicted octanol–water partition coefficient (Wildman–Crippen LogP) is 0.405. The molecule has 1 heterocycles. The number of carbonyl (C=O) groups excluding carboxylic acids is 1. The Kier molecular flexibility index (Phi) is 4.30. The average Bonchev–Trinajstić information content (AvgIpc) is 2.46. The van der Waals surface area contributed by atoms with E-state index >= 15 is 0 Å². The maximum Gasteiger partial charge on any atom is 0.269 e. The molecule has 0 radical (unpaired) electrons. The Bertz CT molecular complexity index is 455. The molecule has 0 aliphatic carbocycles. The monoisotopic (exact) mass is 265 g/mol. The molecule has 1 aromatic carbocycles. The standard InChI is InChI=1S/C12H15N3O4/c16-12(14-7-5-13-6-8-14)9-19-11-3-1-10(2-4-11)15(17)18/h1-4,13H,5-9H2. The van der Waals surface area contributed by atoms with E-state index in [0.29, 0.717) is 18.8 Å². The van der Waals surface area contributed by atoms with Crippen molar-refractivity contribution in [3.63, 3.8) is 0 Å². The van der Waals surface area contributed by atoms with Crippen LogP contribution in [0.5, 0.6) is 5.75 Å². The number of carbonyl (C=O) groups is 1. The number of hydrogen-bond donors (Lipinski definition) is 1. The van der Waals surface area contributed by atoms with Gasteiger partial charge >= 0.3 is 0 Å². The summed E-state index contributed by atoms with van der Waals surface area (Å²) in [6, 6.07) is 5.68. The van der Waals surface area contributed by atoms with Crippen LogP contribution in [-0.2, 0) is 4.79 Å². The molecule has 7 heteroatoms. The number of nitro benzene ring substituents is 1. The van der Waals surface area contributed by atoms with Crippen LogP contribution >= 0.6 is 0 Å². The van der Waals surface area contributed by atoms with Crippen molar-refractivity contribution in [3.8, 4) is 5.75 Å². The SMILES string of the molecule is O=C(COc1ccc([N+](=O)[O-])cc1)N1CCNCC1. The van der Waals surface area contributed by atoms with Crippen LogP contribution in [0.2, 0.25) is 0 Å². The van der Waals surface area contributed by atoms with Crippen molar-refractivity contribution in [2.75, 3.05) is 32.8 Å². The first-order chi connectivity index (χ1) is 9.16. The summed E-state index contributed by atoms with van der Waals surface area (Å²) < 4.78 is 5.32. The van der Waals surface area contributed by atoms with Gasteiger partial charge in [0.25, 0.3) is 11.6 Å². The molecular formula is C12H15N3O4. The second kappa shape index (κ2) is 6.14. The van der Waals surface area contributed by atoms with Gasteiger partial charge in [-0.25, -0.2) is 0 Å². The number of nitro groups is 1. The molecule has 0 spiro atoms. The Labute approximate surface area is 110 Å². The molecule has 0 bridgehead atoms. The smallest absolute Gasteiger partial charge is 0.269 e. The van der Waals surface area contributed by atoms with Gasteiger partial charge in [0.1, 0.15) is 5.75 Å². The third kappa shape index (κ3) is 3.65. The second-order valence-electron chi connectivity index (χ2n) is 4.17. The fourth-order valence-electron chi connectivity index (χ4n) is 1.81. The largest absolute Gasteiger partial charge is 0.484 e. The van der Waals surface area contributed by atoms with E-state index in [2.05, 4.69) is 5.32 Å². The lowest BCUT2D eigenvalue weighted by molar-refractivity contribution is -0.384. The molecule has 1 aliphatic rings. The lowest BCUT2D eigenvalue weighted by Gasteiger charge is -2.27. The minimum atomic E-state index is -0.477. The number of non-ortho nitro benzene ring substituents is 1. The molecule has 19 heavy (non-hydrogen) atoms. The molecule has 102 valence electrons. The van der Waals surface area contributed by atoms with Crippen molar-refractivity contribution in [1.29, 1.82) is 0 Å². The van der Waals surface area contributed by atoms with E-state index in [1.54, 1.807) is 4.90 Å². The van der Waals surface area contributed by atoms with E-state index < -0.39 is 4.92 Å². The Hall–Kier alpha value is -2.15. The molecule has 7 nitrogen and oxygen atoms in total. The number of rotatable bonds is 4. The molecule has 1 fully saturated rings. The lowest BCUT2D eigenvalue weighted by Crippen LogP contribution is -2.47. The first kappa shape index (κ1) is 13.3. The fourth-order valence-corrected chi connectivity index (χ4v) is 1.81. The topological polar surface area (TPSA) is 84.7 Å². The highest BCUT2D eigenvalue weighted by Crippen LogP contribution is 2.17. The lowest BCUT2D eigenvalue weighted by atomic mass is 10.3. The fraction of sp³-hybridized carbons (Fsp3) is 0.417. The van der Waals surface area contributed by atoms with Gasteiger partial charge in [0, 0.05) is 38.3 Å². The minimum absolute atomic E-state index is 0.000724. The van der Waals surface area contributed by atoms with Crippen LogP contribution in [0.25, 0.3) is 0 Å². The quantitative estimate of drug-likeness (QED) is 0.629. The first-order valence-electron chi connectivity index (χ1n) is 6.02. The van der Waals surface area contributed by atoms with Crippen LogP contribution in [0.3, 0.4) is 0 Å². The zero-order valence-electron chi connectivity index (χ0n) is 10.4. The molecule has 1 N–H and O–H groups in total. The van der Waals surface area contributed by atoms with Gasteiger partial charge in [-0.2, -0.15) is 0 Å². The van der Waals surface area contributed by atoms with Gasteiger partial charge in [-0.05, 0) is 12.1 Å². The van der Waals surface area contributed by atoms with E-state index in [-0.39, 0.29) is 18.2 Å². The zero-order valence-corrected chi connectivity index (χ0v) is 10.4. The number of nitrogens with zero attached hydrogens (tertiary/aromatic N) is 2. The highest BCUT2D eigenvalue weighted by Gasteiger charge is 2.16. The van der Waals surface area contributed by atoms with Crippen molar-refractivity contribution in [1.82, 2.24) is 10.2 Å². The Balaban J connectivity index is 1.84. The van der Waals surface area contributed by atoms with Gasteiger partial charge < -0.3 is 15.0 Å². The Morgan fingerprint density at radius 3 is 2.53 bits per heavy atom. The van der Waals surface area contributed by atoms with Crippen LogP contribution in [-0.4, -0.2) is 48.5 Å². The molecule has 2 rings (SSSR count). The molecule has 1 aliphatic heterocycles. The minimum Gasteiger partial charge on any atom is -0.484 e. The van der Waals surface area contributed by atoms with Crippen molar-refractivity contribution >= 4 is 11.6 Å². The third-order valence-electron chi connectivity index (χ3n) is 2.88. The summed E-state index contributed by atoms with van der Waals surface area (Å²) in [6.45, 7) is 2.91. The zero-order chi connectivity index (χ0) is 13.7. The van der Waals surface area contributed by atoms with E-state index in [1.165, 1.54) is 24.3 Å². The molecular weight excluding hydrogens is 250 g/mol. The number of nitrogens with one attached hydrogen (secondary N) is 1. The number of hydrogen-bond acceptors (Lipinski definition) is 5. The predicted molar refractivity (Wildman–Crippen MR) is 68.0 cm³/mol. The van der Waals surface area contributed by atoms with Crippen LogP contribution in [0.1, 0.15) is 0 Å². The summed E-state index contributed by atoms with van der Waals surface area (Å²) in [7, 11) is 0. The number of ether oxygens (including phenoxy) is 1. The number of amides is 1. The number of benzene rings is 1. The summed E-state index contributed by atoms with van der Waals surface area (Å²) >= 11 is 0. The molecule has 1 amide bonds. The molecule has 1 aromatic rings. The van der Waals surface area contributed by atoms with Crippen molar-refractivity contribution in [3.05, 3.63) is 34.4 Å². The van der Waals surface area contributed by atoms with Gasteiger partial charge in [0.2, 0.25) is 0 Å². The van der Waals surface area contributed by atoms with Crippen molar-refractivity contribution < 1.29 is 14.5 Å². The summed E-state index contributed by atoms with van der Waals surface area (Å²) in [5.41, 5.74) is 0.000724. The van der Waals surface area contributed by atoms with Gasteiger partial charge in [0.15, 0.2) is 6.61 Å². The van der Waals surface area contributed by atoms with E-state index in [0.717, 1.165) is 13.1 Å². The van der Waals surface area contributed by atoms with Crippen molar-refractivity contribution in [2.24, 2.45) is 0 Å². The van der Waals surface area contributed by atoms with Gasteiger partial charge in [-0.15, -0.1) is 0 Å². The maximum absolute atomic E-state index is 11.8. The van der Waals surface area contributed by atoms with E-state index in [1.807, 2.05) is 0 Å². The second-order valence-corrected chi connectivity index (χ2v) is 4.17. The maximum atomic E-state index is 11.8. The molecule has 0 unspecified atom stereocenters. The van der Waals surface area contributed by atoms with E-state index in [9.17, 15) is 14.9 Å². The average molecular weight is 265 g/mol. The summed E-state index contributed by atoms with van der Waals surface area (Å²) in [6.07, 6.45) is 0. The summed E-state index contributed by atoms with van der Waals surface area (Å²) in [5.74, 6) is 0.383. The van der Waals surface area contributed by atoms with E-state index in [4.69, 9.17) is 4.74 Å². The summed E-state index contributed by atoms with van der Waals surface area (Å²) in [4.78, 5) is 23.6. The molecule has 0 aromatic heterocycles. The highest BCUT2D eigenvalue weighted by atomic mass is 16.6. The van der Waals surface area contributed by atoms with Crippen LogP contribution < -0.4 is 10.1 Å². The van der Waals surface area contributed by atoms with Crippen LogP contribution in [0.4, 0.5) is 5.69 Å². The summed E-state index contributed by atoms with van der Waals surface area (Å²) in [5, 5.41) is 13.6. The molecule has 0 atom stereocenters. The van der Waals surface area contributed by atoms with Crippen molar-refractivity contribution in [2.45, 2.75) is 0 Å². The third-order valence-corrected chi connectivity index (χ3v) is 2.88. The van der Waals surface area contributed by atoms with Gasteiger partial charge in [-0.1, -0.05) is 0 Å². The highest BCUT2D eigenvalue weighted by molar-refractivity contribution is 5.77.